The SMILES string of the molecule is O=C(CN1CCc2ccccc2C1)NCCN1C(=O)S/C(=C\c2ccccc2Cl)C1=O. The predicted molar refractivity (Wildman–Crippen MR) is 123 cm³/mol. The molecular formula is C23H22ClN3O3S. The molecule has 8 heteroatoms. The normalized spacial score (nSPS) is 17.8. The average molecular weight is 456 g/mol. The standard InChI is InChI=1S/C23H22ClN3O3S/c24-19-8-4-3-6-17(19)13-20-22(29)27(23(30)31-20)12-10-25-21(28)15-26-11-9-16-5-1-2-7-18(16)14-26/h1-8,13H,9-12,14-15H2,(H,25,28)/b20-13-. The van der Waals surface area contributed by atoms with Gasteiger partial charge in [0.2, 0.25) is 5.91 Å². The number of fused-ring (bicyclic) bond motifs is 1. The fourth-order valence-corrected chi connectivity index (χ4v) is 4.73. The smallest absolute Gasteiger partial charge is 0.293 e. The minimum atomic E-state index is -0.364. The number of hydrogen-bond donors (Lipinski definition) is 1. The number of benzene rings is 2. The van der Waals surface area contributed by atoms with Crippen LogP contribution in [-0.4, -0.2) is 53.0 Å². The van der Waals surface area contributed by atoms with Crippen molar-refractivity contribution in [1.29, 1.82) is 0 Å². The van der Waals surface area contributed by atoms with Crippen LogP contribution in [0.2, 0.25) is 5.02 Å². The Kier molecular flexibility index (Phi) is 6.75. The second-order valence-electron chi connectivity index (χ2n) is 7.43. The molecular weight excluding hydrogens is 434 g/mol. The third kappa shape index (κ3) is 5.18. The van der Waals surface area contributed by atoms with Gasteiger partial charge in [-0.05, 0) is 47.0 Å². The van der Waals surface area contributed by atoms with Gasteiger partial charge in [-0.3, -0.25) is 24.2 Å². The zero-order valence-corrected chi connectivity index (χ0v) is 18.4. The molecule has 2 aromatic carbocycles. The monoisotopic (exact) mass is 455 g/mol. The van der Waals surface area contributed by atoms with Crippen molar-refractivity contribution in [1.82, 2.24) is 15.1 Å². The van der Waals surface area contributed by atoms with Crippen LogP contribution >= 0.6 is 23.4 Å². The largest absolute Gasteiger partial charge is 0.353 e. The molecule has 0 unspecified atom stereocenters. The number of rotatable bonds is 6. The predicted octanol–water partition coefficient (Wildman–Crippen LogP) is 3.55. The number of carbonyl (C=O) groups is 3. The van der Waals surface area contributed by atoms with Crippen LogP contribution in [0.3, 0.4) is 0 Å². The van der Waals surface area contributed by atoms with Gasteiger partial charge in [-0.2, -0.15) is 0 Å². The summed E-state index contributed by atoms with van der Waals surface area (Å²) in [7, 11) is 0. The van der Waals surface area contributed by atoms with E-state index in [0.29, 0.717) is 22.0 Å². The molecule has 0 spiro atoms. The molecule has 0 radical (unpaired) electrons. The van der Waals surface area contributed by atoms with E-state index in [1.54, 1.807) is 24.3 Å². The van der Waals surface area contributed by atoms with Gasteiger partial charge >= 0.3 is 0 Å². The summed E-state index contributed by atoms with van der Waals surface area (Å²) in [5.41, 5.74) is 3.28. The van der Waals surface area contributed by atoms with Gasteiger partial charge in [-0.15, -0.1) is 0 Å². The molecule has 0 aromatic heterocycles. The zero-order chi connectivity index (χ0) is 21.8. The molecule has 2 aliphatic heterocycles. The Labute approximate surface area is 190 Å². The zero-order valence-electron chi connectivity index (χ0n) is 16.8. The summed E-state index contributed by atoms with van der Waals surface area (Å²) in [6.45, 7) is 2.24. The summed E-state index contributed by atoms with van der Waals surface area (Å²) in [5.74, 6) is -0.477. The van der Waals surface area contributed by atoms with E-state index in [1.165, 1.54) is 11.1 Å². The Morgan fingerprint density at radius 2 is 1.84 bits per heavy atom. The highest BCUT2D eigenvalue weighted by atomic mass is 35.5. The number of nitrogens with zero attached hydrogens (tertiary/aromatic N) is 2. The fourth-order valence-electron chi connectivity index (χ4n) is 3.68. The molecule has 6 nitrogen and oxygen atoms in total. The lowest BCUT2D eigenvalue weighted by Crippen LogP contribution is -2.42. The van der Waals surface area contributed by atoms with Crippen molar-refractivity contribution in [2.45, 2.75) is 13.0 Å². The van der Waals surface area contributed by atoms with E-state index in [2.05, 4.69) is 22.3 Å². The van der Waals surface area contributed by atoms with E-state index < -0.39 is 0 Å². The van der Waals surface area contributed by atoms with Gasteiger partial charge in [0.25, 0.3) is 11.1 Å². The lowest BCUT2D eigenvalue weighted by Gasteiger charge is -2.28. The van der Waals surface area contributed by atoms with Crippen molar-refractivity contribution in [2.24, 2.45) is 0 Å². The van der Waals surface area contributed by atoms with Gasteiger partial charge in [0.1, 0.15) is 0 Å². The molecule has 1 saturated heterocycles. The van der Waals surface area contributed by atoms with Crippen molar-refractivity contribution in [2.75, 3.05) is 26.2 Å². The maximum atomic E-state index is 12.6. The lowest BCUT2D eigenvalue weighted by atomic mass is 10.00. The summed E-state index contributed by atoms with van der Waals surface area (Å²) >= 11 is 7.02. The van der Waals surface area contributed by atoms with Gasteiger partial charge in [-0.25, -0.2) is 0 Å². The van der Waals surface area contributed by atoms with Gasteiger partial charge in [0.15, 0.2) is 0 Å². The summed E-state index contributed by atoms with van der Waals surface area (Å²) < 4.78 is 0. The lowest BCUT2D eigenvalue weighted by molar-refractivity contribution is -0.124. The van der Waals surface area contributed by atoms with Crippen molar-refractivity contribution < 1.29 is 14.4 Å². The van der Waals surface area contributed by atoms with Crippen LogP contribution in [0.15, 0.2) is 53.4 Å². The number of hydrogen-bond acceptors (Lipinski definition) is 5. The van der Waals surface area contributed by atoms with Crippen LogP contribution in [0.5, 0.6) is 0 Å². The number of thioether (sulfide) groups is 1. The molecule has 3 amide bonds. The molecule has 2 aromatic rings. The molecule has 1 fully saturated rings. The molecule has 31 heavy (non-hydrogen) atoms. The average Bonchev–Trinajstić information content (AvgIpc) is 3.02. The van der Waals surface area contributed by atoms with Crippen molar-refractivity contribution >= 4 is 46.5 Å². The number of carbonyl (C=O) groups excluding carboxylic acids is 3. The molecule has 2 aliphatic rings. The Bertz CT molecular complexity index is 1060. The van der Waals surface area contributed by atoms with Crippen LogP contribution in [0.4, 0.5) is 4.79 Å². The Morgan fingerprint density at radius 3 is 2.65 bits per heavy atom. The van der Waals surface area contributed by atoms with Crippen molar-refractivity contribution in [3.63, 3.8) is 0 Å². The molecule has 0 atom stereocenters. The van der Waals surface area contributed by atoms with Crippen molar-refractivity contribution in [3.05, 3.63) is 75.1 Å². The molecule has 0 saturated carbocycles. The molecule has 2 heterocycles. The Balaban J connectivity index is 1.27. The highest BCUT2D eigenvalue weighted by Crippen LogP contribution is 2.33. The van der Waals surface area contributed by atoms with Crippen LogP contribution in [-0.2, 0) is 22.6 Å². The third-order valence-electron chi connectivity index (χ3n) is 5.30. The first kappa shape index (κ1) is 21.6. The fraction of sp³-hybridized carbons (Fsp3) is 0.261. The number of imide groups is 1. The maximum Gasteiger partial charge on any atom is 0.293 e. The van der Waals surface area contributed by atoms with E-state index >= 15 is 0 Å². The minimum Gasteiger partial charge on any atom is -0.353 e. The quantitative estimate of drug-likeness (QED) is 0.674. The number of nitrogens with one attached hydrogen (secondary N) is 1. The summed E-state index contributed by atoms with van der Waals surface area (Å²) in [6, 6.07) is 15.4. The van der Waals surface area contributed by atoms with Crippen LogP contribution < -0.4 is 5.32 Å². The molecule has 160 valence electrons. The summed E-state index contributed by atoms with van der Waals surface area (Å²) in [4.78, 5) is 40.8. The first-order valence-electron chi connectivity index (χ1n) is 10.1. The van der Waals surface area contributed by atoms with E-state index in [1.807, 2.05) is 18.2 Å². The second kappa shape index (κ2) is 9.68. The van der Waals surface area contributed by atoms with Crippen LogP contribution in [0.1, 0.15) is 16.7 Å². The van der Waals surface area contributed by atoms with Crippen LogP contribution in [0, 0.1) is 0 Å². The first-order valence-corrected chi connectivity index (χ1v) is 11.3. The highest BCUT2D eigenvalue weighted by Gasteiger charge is 2.34. The van der Waals surface area contributed by atoms with E-state index in [9.17, 15) is 14.4 Å². The summed E-state index contributed by atoms with van der Waals surface area (Å²) in [6.07, 6.45) is 2.55. The first-order chi connectivity index (χ1) is 15.0. The second-order valence-corrected chi connectivity index (χ2v) is 8.83. The third-order valence-corrected chi connectivity index (χ3v) is 6.55. The molecule has 0 bridgehead atoms. The molecule has 1 N–H and O–H groups in total. The number of amides is 3. The minimum absolute atomic E-state index is 0.113. The van der Waals surface area contributed by atoms with Gasteiger partial charge in [0.05, 0.1) is 11.4 Å². The molecule has 0 aliphatic carbocycles. The van der Waals surface area contributed by atoms with E-state index in [4.69, 9.17) is 11.6 Å². The van der Waals surface area contributed by atoms with Gasteiger partial charge < -0.3 is 5.32 Å². The Hall–Kier alpha value is -2.61. The van der Waals surface area contributed by atoms with E-state index in [0.717, 1.165) is 36.2 Å². The van der Waals surface area contributed by atoms with Gasteiger partial charge in [0, 0.05) is 31.2 Å². The number of halogens is 1. The molecule has 4 rings (SSSR count). The highest BCUT2D eigenvalue weighted by molar-refractivity contribution is 8.18. The van der Waals surface area contributed by atoms with Crippen molar-refractivity contribution in [3.8, 4) is 0 Å². The topological polar surface area (TPSA) is 69.7 Å². The maximum absolute atomic E-state index is 12.6. The van der Waals surface area contributed by atoms with Crippen LogP contribution in [0.25, 0.3) is 6.08 Å². The summed E-state index contributed by atoms with van der Waals surface area (Å²) in [5, 5.41) is 2.99. The Morgan fingerprint density at radius 1 is 1.10 bits per heavy atom. The van der Waals surface area contributed by atoms with E-state index in [-0.39, 0.29) is 30.1 Å². The van der Waals surface area contributed by atoms with Gasteiger partial charge in [-0.1, -0.05) is 54.1 Å².